The maximum absolute atomic E-state index is 13.2. The molecule has 2 aromatic heterocycles. The monoisotopic (exact) mass is 451 g/mol. The second-order valence-corrected chi connectivity index (χ2v) is 8.41. The number of fused-ring (bicyclic) bond motifs is 1. The third kappa shape index (κ3) is 4.82. The highest BCUT2D eigenvalue weighted by molar-refractivity contribution is 5.62. The van der Waals surface area contributed by atoms with Crippen molar-refractivity contribution < 1.29 is 4.74 Å². The van der Waals surface area contributed by atoms with E-state index in [0.717, 1.165) is 50.2 Å². The lowest BCUT2D eigenvalue weighted by atomic mass is 9.93. The van der Waals surface area contributed by atoms with Crippen LogP contribution in [0.3, 0.4) is 0 Å². The van der Waals surface area contributed by atoms with E-state index in [1.54, 1.807) is 7.11 Å². The van der Waals surface area contributed by atoms with Crippen LogP contribution in [0.25, 0.3) is 12.2 Å². The third-order valence-electron chi connectivity index (χ3n) is 6.40. The standard InChI is InChI=1S/C26H37N5O2/c1-8-12-13-19(9-2)23-17(5)26(32)31-25(28-23)24(18(6)29-31)27-21-15-14-20(16-22(21)33-7)30(10-3)11-4/h14-16,19,29H,6,8-13H2,1-5,7H3. The van der Waals surface area contributed by atoms with Crippen LogP contribution in [-0.2, 0) is 0 Å². The Morgan fingerprint density at radius 1 is 1.24 bits per heavy atom. The van der Waals surface area contributed by atoms with Crippen LogP contribution in [0.1, 0.15) is 70.6 Å². The Balaban J connectivity index is 2.22. The van der Waals surface area contributed by atoms with E-state index in [0.29, 0.717) is 33.4 Å². The fraction of sp³-hybridized carbons (Fsp3) is 0.500. The van der Waals surface area contributed by atoms with Gasteiger partial charge in [0.1, 0.15) is 16.8 Å². The number of rotatable bonds is 10. The molecule has 0 aliphatic rings. The normalized spacial score (nSPS) is 13.0. The van der Waals surface area contributed by atoms with Gasteiger partial charge in [-0.25, -0.2) is 9.98 Å². The molecule has 1 N–H and O–H groups in total. The van der Waals surface area contributed by atoms with Crippen molar-refractivity contribution in [1.82, 2.24) is 14.6 Å². The zero-order valence-electron chi connectivity index (χ0n) is 20.9. The molecule has 0 saturated heterocycles. The van der Waals surface area contributed by atoms with Gasteiger partial charge in [-0.3, -0.25) is 9.89 Å². The summed E-state index contributed by atoms with van der Waals surface area (Å²) in [5.41, 5.74) is 3.72. The molecule has 0 fully saturated rings. The van der Waals surface area contributed by atoms with E-state index in [-0.39, 0.29) is 11.5 Å². The van der Waals surface area contributed by atoms with E-state index < -0.39 is 0 Å². The summed E-state index contributed by atoms with van der Waals surface area (Å²) in [5, 5.41) is 4.17. The number of hydrogen-bond donors (Lipinski definition) is 1. The van der Waals surface area contributed by atoms with Gasteiger partial charge in [0, 0.05) is 36.3 Å². The van der Waals surface area contributed by atoms with Crippen molar-refractivity contribution in [3.63, 3.8) is 0 Å². The molecule has 0 amide bonds. The number of anilines is 1. The van der Waals surface area contributed by atoms with Crippen molar-refractivity contribution in [1.29, 1.82) is 0 Å². The quantitative estimate of drug-likeness (QED) is 0.501. The summed E-state index contributed by atoms with van der Waals surface area (Å²) in [7, 11) is 1.64. The third-order valence-corrected chi connectivity index (χ3v) is 6.40. The highest BCUT2D eigenvalue weighted by atomic mass is 16.5. The number of unbranched alkanes of at least 4 members (excludes halogenated alkanes) is 1. The van der Waals surface area contributed by atoms with E-state index in [1.165, 1.54) is 4.52 Å². The van der Waals surface area contributed by atoms with Gasteiger partial charge >= 0.3 is 0 Å². The first-order chi connectivity index (χ1) is 15.9. The summed E-state index contributed by atoms with van der Waals surface area (Å²) in [5.74, 6) is 0.920. The maximum Gasteiger partial charge on any atom is 0.275 e. The number of H-pyrrole nitrogens is 1. The topological polar surface area (TPSA) is 75.0 Å². The minimum absolute atomic E-state index is 0.0971. The molecule has 7 heteroatoms. The van der Waals surface area contributed by atoms with E-state index in [4.69, 9.17) is 14.7 Å². The molecular weight excluding hydrogens is 414 g/mol. The van der Waals surface area contributed by atoms with E-state index in [9.17, 15) is 4.79 Å². The van der Waals surface area contributed by atoms with Crippen LogP contribution in [0.15, 0.2) is 28.0 Å². The van der Waals surface area contributed by atoms with E-state index >= 15 is 0 Å². The molecule has 178 valence electrons. The Morgan fingerprint density at radius 2 is 1.97 bits per heavy atom. The predicted molar refractivity (Wildman–Crippen MR) is 136 cm³/mol. The highest BCUT2D eigenvalue weighted by Crippen LogP contribution is 2.31. The van der Waals surface area contributed by atoms with Gasteiger partial charge in [0.2, 0.25) is 0 Å². The van der Waals surface area contributed by atoms with E-state index in [1.807, 2.05) is 25.1 Å². The van der Waals surface area contributed by atoms with Crippen LogP contribution in [0.5, 0.6) is 5.75 Å². The summed E-state index contributed by atoms with van der Waals surface area (Å²) in [6.45, 7) is 16.4. The lowest BCUT2D eigenvalue weighted by Gasteiger charge is -2.21. The molecule has 0 radical (unpaired) electrons. The summed E-state index contributed by atoms with van der Waals surface area (Å²) >= 11 is 0. The number of benzene rings is 1. The molecule has 1 atom stereocenters. The minimum Gasteiger partial charge on any atom is -0.494 e. The van der Waals surface area contributed by atoms with E-state index in [2.05, 4.69) is 44.3 Å². The second-order valence-electron chi connectivity index (χ2n) is 8.41. The van der Waals surface area contributed by atoms with Crippen LogP contribution in [-0.4, -0.2) is 34.8 Å². The number of methoxy groups -OCH3 is 1. The van der Waals surface area contributed by atoms with Gasteiger partial charge in [0.15, 0.2) is 5.65 Å². The van der Waals surface area contributed by atoms with Crippen molar-refractivity contribution >= 4 is 23.6 Å². The lowest BCUT2D eigenvalue weighted by molar-refractivity contribution is 0.416. The average molecular weight is 452 g/mol. The number of nitrogens with one attached hydrogen (secondary N) is 1. The van der Waals surface area contributed by atoms with Gasteiger partial charge < -0.3 is 9.64 Å². The fourth-order valence-corrected chi connectivity index (χ4v) is 4.37. The van der Waals surface area contributed by atoms with Crippen molar-refractivity contribution in [3.05, 3.63) is 50.5 Å². The molecule has 0 saturated carbocycles. The van der Waals surface area contributed by atoms with Gasteiger partial charge in [-0.1, -0.05) is 33.3 Å². The van der Waals surface area contributed by atoms with Crippen LogP contribution in [0, 0.1) is 6.92 Å². The Hall–Kier alpha value is -3.09. The minimum atomic E-state index is -0.0971. The molecule has 0 aliphatic heterocycles. The number of aromatic amines is 1. The highest BCUT2D eigenvalue weighted by Gasteiger charge is 2.19. The van der Waals surface area contributed by atoms with Gasteiger partial charge in [0.25, 0.3) is 5.56 Å². The van der Waals surface area contributed by atoms with Crippen LogP contribution in [0.2, 0.25) is 0 Å². The number of nitrogens with zero attached hydrogens (tertiary/aromatic N) is 4. The van der Waals surface area contributed by atoms with Crippen LogP contribution < -0.4 is 25.9 Å². The summed E-state index contributed by atoms with van der Waals surface area (Å²) in [6.07, 6.45) is 4.19. The maximum atomic E-state index is 13.2. The predicted octanol–water partition coefficient (Wildman–Crippen LogP) is 4.23. The van der Waals surface area contributed by atoms with Crippen LogP contribution >= 0.6 is 0 Å². The van der Waals surface area contributed by atoms with Gasteiger partial charge in [-0.15, -0.1) is 0 Å². The van der Waals surface area contributed by atoms with Crippen molar-refractivity contribution in [2.75, 3.05) is 25.1 Å². The number of ether oxygens (including phenoxy) is 1. The molecule has 7 nitrogen and oxygen atoms in total. The SMILES string of the molecule is C=c1[nH]n2c(=O)c(C)c(C(CC)CCCC)nc2c1=Nc1ccc(N(CC)CC)cc1OC. The number of aromatic nitrogens is 3. The molecule has 3 aromatic rings. The molecule has 2 heterocycles. The largest absolute Gasteiger partial charge is 0.494 e. The molecule has 1 aromatic carbocycles. The van der Waals surface area contributed by atoms with Gasteiger partial charge in [-0.05, 0) is 45.7 Å². The molecule has 0 bridgehead atoms. The molecule has 0 spiro atoms. The van der Waals surface area contributed by atoms with Crippen LogP contribution in [0.4, 0.5) is 11.4 Å². The first-order valence-electron chi connectivity index (χ1n) is 12.0. The van der Waals surface area contributed by atoms with Gasteiger partial charge in [-0.2, -0.15) is 4.52 Å². The molecular formula is C26H37N5O2. The Labute approximate surface area is 195 Å². The summed E-state index contributed by atoms with van der Waals surface area (Å²) in [4.78, 5) is 25.2. The molecule has 3 rings (SSSR count). The Bertz CT molecular complexity index is 1270. The Kier molecular flexibility index (Phi) is 7.95. The lowest BCUT2D eigenvalue weighted by Crippen LogP contribution is -2.24. The fourth-order valence-electron chi connectivity index (χ4n) is 4.37. The average Bonchev–Trinajstić information content (AvgIpc) is 3.14. The molecule has 0 aliphatic carbocycles. The van der Waals surface area contributed by atoms with Crippen molar-refractivity contribution in [3.8, 4) is 5.75 Å². The first kappa shape index (κ1) is 24.6. The molecule has 33 heavy (non-hydrogen) atoms. The smallest absolute Gasteiger partial charge is 0.275 e. The Morgan fingerprint density at radius 3 is 2.58 bits per heavy atom. The zero-order valence-corrected chi connectivity index (χ0v) is 20.9. The van der Waals surface area contributed by atoms with Crippen molar-refractivity contribution in [2.24, 2.45) is 4.99 Å². The van der Waals surface area contributed by atoms with Crippen molar-refractivity contribution in [2.45, 2.75) is 66.2 Å². The number of hydrogen-bond acceptors (Lipinski definition) is 5. The second kappa shape index (κ2) is 10.7. The zero-order chi connectivity index (χ0) is 24.1. The summed E-state index contributed by atoms with van der Waals surface area (Å²) < 4.78 is 7.11. The summed E-state index contributed by atoms with van der Waals surface area (Å²) in [6, 6.07) is 5.98. The van der Waals surface area contributed by atoms with Gasteiger partial charge in [0.05, 0.1) is 18.2 Å². The first-order valence-corrected chi connectivity index (χ1v) is 12.0. The molecule has 1 unspecified atom stereocenters.